The van der Waals surface area contributed by atoms with Gasteiger partial charge in [-0.3, -0.25) is 30.6 Å². The van der Waals surface area contributed by atoms with Crippen molar-refractivity contribution in [3.05, 3.63) is 50.0 Å². The number of methoxy groups -OCH3 is 1. The van der Waals surface area contributed by atoms with Crippen LogP contribution in [-0.2, 0) is 20.7 Å². The van der Waals surface area contributed by atoms with Crippen molar-refractivity contribution in [2.75, 3.05) is 13.7 Å². The fourth-order valence-corrected chi connectivity index (χ4v) is 2.79. The molecule has 2 rings (SSSR count). The summed E-state index contributed by atoms with van der Waals surface area (Å²) < 4.78 is 9.77. The highest BCUT2D eigenvalue weighted by atomic mass is 32.1. The maximum absolute atomic E-state index is 12.1. The molecule has 0 saturated heterocycles. The molecule has 0 aliphatic carbocycles. The molecule has 1 heterocycles. The topological polar surface area (TPSA) is 150 Å². The van der Waals surface area contributed by atoms with Crippen LogP contribution in [0.15, 0.2) is 23.6 Å². The van der Waals surface area contributed by atoms with Crippen LogP contribution in [0.25, 0.3) is 0 Å². The van der Waals surface area contributed by atoms with Crippen molar-refractivity contribution in [3.63, 3.8) is 0 Å². The number of nitrogens with one attached hydrogen (secondary N) is 2. The van der Waals surface area contributed by atoms with Gasteiger partial charge in [-0.2, -0.15) is 0 Å². The molecule has 0 aliphatic heterocycles. The number of esters is 1. The van der Waals surface area contributed by atoms with Gasteiger partial charge >= 0.3 is 5.97 Å². The molecule has 148 valence electrons. The number of non-ortho nitro benzene ring substituents is 1. The Balaban J connectivity index is 1.85. The molecule has 0 radical (unpaired) electrons. The van der Waals surface area contributed by atoms with Gasteiger partial charge in [0.15, 0.2) is 6.61 Å². The Morgan fingerprint density at radius 3 is 2.57 bits per heavy atom. The van der Waals surface area contributed by atoms with Gasteiger partial charge in [0.05, 0.1) is 18.5 Å². The van der Waals surface area contributed by atoms with Crippen molar-refractivity contribution >= 4 is 34.8 Å². The molecule has 28 heavy (non-hydrogen) atoms. The van der Waals surface area contributed by atoms with E-state index in [4.69, 9.17) is 9.47 Å². The molecular formula is C16H16N4O7S. The van der Waals surface area contributed by atoms with Crippen molar-refractivity contribution in [3.8, 4) is 5.75 Å². The molecule has 0 fully saturated rings. The zero-order chi connectivity index (χ0) is 20.7. The molecule has 2 amide bonds. The summed E-state index contributed by atoms with van der Waals surface area (Å²) in [4.78, 5) is 49.8. The number of aryl methyl sites for hydroxylation is 1. The van der Waals surface area contributed by atoms with E-state index in [1.807, 2.05) is 0 Å². The number of rotatable bonds is 7. The monoisotopic (exact) mass is 408 g/mol. The van der Waals surface area contributed by atoms with Crippen LogP contribution in [-0.4, -0.2) is 41.4 Å². The number of nitro benzene ring substituents is 1. The molecule has 2 aromatic rings. The third kappa shape index (κ3) is 5.74. The predicted octanol–water partition coefficient (Wildman–Crippen LogP) is 0.915. The van der Waals surface area contributed by atoms with Crippen molar-refractivity contribution in [1.82, 2.24) is 15.8 Å². The Labute approximate surface area is 162 Å². The summed E-state index contributed by atoms with van der Waals surface area (Å²) in [5.74, 6) is -2.21. The van der Waals surface area contributed by atoms with Crippen LogP contribution in [0.3, 0.4) is 0 Å². The molecular weight excluding hydrogens is 392 g/mol. The van der Waals surface area contributed by atoms with Crippen LogP contribution in [0.5, 0.6) is 5.75 Å². The largest absolute Gasteiger partial charge is 0.496 e. The molecule has 1 aromatic heterocycles. The van der Waals surface area contributed by atoms with Crippen LogP contribution in [0.2, 0.25) is 0 Å². The highest BCUT2D eigenvalue weighted by Gasteiger charge is 2.20. The Morgan fingerprint density at radius 2 is 1.96 bits per heavy atom. The van der Waals surface area contributed by atoms with E-state index in [9.17, 15) is 24.5 Å². The van der Waals surface area contributed by atoms with Crippen molar-refractivity contribution in [2.24, 2.45) is 0 Å². The molecule has 0 saturated carbocycles. The van der Waals surface area contributed by atoms with Crippen LogP contribution >= 0.6 is 11.3 Å². The lowest BCUT2D eigenvalue weighted by atomic mass is 10.2. The number of amides is 2. The molecule has 2 N–H and O–H groups in total. The lowest BCUT2D eigenvalue weighted by Crippen LogP contribution is -2.44. The minimum absolute atomic E-state index is 0.0105. The number of ether oxygens (including phenoxy) is 2. The zero-order valence-electron chi connectivity index (χ0n) is 14.9. The van der Waals surface area contributed by atoms with Gasteiger partial charge in [0, 0.05) is 23.2 Å². The van der Waals surface area contributed by atoms with E-state index in [-0.39, 0.29) is 23.4 Å². The number of carbonyl (C=O) groups is 3. The van der Waals surface area contributed by atoms with Gasteiger partial charge in [0.1, 0.15) is 16.3 Å². The van der Waals surface area contributed by atoms with Gasteiger partial charge in [0.25, 0.3) is 11.6 Å². The van der Waals surface area contributed by atoms with Crippen molar-refractivity contribution < 1.29 is 28.8 Å². The Bertz CT molecular complexity index is 912. The number of hydrazine groups is 1. The second kappa shape index (κ2) is 9.41. The van der Waals surface area contributed by atoms with Crippen LogP contribution < -0.4 is 15.6 Å². The minimum atomic E-state index is -0.986. The number of thiazole rings is 1. The normalized spacial score (nSPS) is 10.1. The Kier molecular flexibility index (Phi) is 6.98. The zero-order valence-corrected chi connectivity index (χ0v) is 15.7. The summed E-state index contributed by atoms with van der Waals surface area (Å²) >= 11 is 1.32. The van der Waals surface area contributed by atoms with Gasteiger partial charge in [-0.15, -0.1) is 11.3 Å². The van der Waals surface area contributed by atoms with Gasteiger partial charge in [-0.05, 0) is 13.0 Å². The Hall–Kier alpha value is -3.54. The number of hydrogen-bond donors (Lipinski definition) is 2. The average molecular weight is 408 g/mol. The minimum Gasteiger partial charge on any atom is -0.496 e. The molecule has 1 aromatic carbocycles. The van der Waals surface area contributed by atoms with E-state index in [1.165, 1.54) is 30.6 Å². The highest BCUT2D eigenvalue weighted by Crippen LogP contribution is 2.24. The lowest BCUT2D eigenvalue weighted by molar-refractivity contribution is -0.384. The van der Waals surface area contributed by atoms with E-state index >= 15 is 0 Å². The van der Waals surface area contributed by atoms with Gasteiger partial charge in [-0.1, -0.05) is 0 Å². The first-order chi connectivity index (χ1) is 13.3. The van der Waals surface area contributed by atoms with E-state index in [1.54, 1.807) is 12.3 Å². The molecule has 12 heteroatoms. The van der Waals surface area contributed by atoms with Crippen molar-refractivity contribution in [1.29, 1.82) is 0 Å². The summed E-state index contributed by atoms with van der Waals surface area (Å²) in [6.45, 7) is 1.09. The molecule has 0 aliphatic rings. The second-order valence-electron chi connectivity index (χ2n) is 5.37. The standard InChI is InChI=1S/C16H16N4O7S/c1-9-8-28-15(17-9)6-13(21)18-19-14(22)7-27-16(23)11-5-10(20(24)25)3-4-12(11)26-2/h3-5,8H,6-7H2,1-2H3,(H,18,21)(H,19,22). The maximum atomic E-state index is 12.1. The van der Waals surface area contributed by atoms with Crippen LogP contribution in [0.1, 0.15) is 21.1 Å². The van der Waals surface area contributed by atoms with E-state index in [0.29, 0.717) is 5.01 Å². The van der Waals surface area contributed by atoms with Crippen LogP contribution in [0, 0.1) is 17.0 Å². The summed E-state index contributed by atoms with van der Waals surface area (Å²) in [5, 5.41) is 13.2. The summed E-state index contributed by atoms with van der Waals surface area (Å²) in [6, 6.07) is 3.40. The molecule has 0 bridgehead atoms. The number of benzene rings is 1. The molecule has 0 spiro atoms. The fourth-order valence-electron chi connectivity index (χ4n) is 2.02. The van der Waals surface area contributed by atoms with Gasteiger partial charge in [-0.25, -0.2) is 9.78 Å². The highest BCUT2D eigenvalue weighted by molar-refractivity contribution is 7.09. The van der Waals surface area contributed by atoms with Gasteiger partial charge < -0.3 is 9.47 Å². The molecule has 0 atom stereocenters. The summed E-state index contributed by atoms with van der Waals surface area (Å²) in [5.41, 5.74) is 4.53. The van der Waals surface area contributed by atoms with Gasteiger partial charge in [0.2, 0.25) is 5.91 Å². The fraction of sp³-hybridized carbons (Fsp3) is 0.250. The third-order valence-corrected chi connectivity index (χ3v) is 4.23. The second-order valence-corrected chi connectivity index (χ2v) is 6.32. The van der Waals surface area contributed by atoms with E-state index in [0.717, 1.165) is 11.8 Å². The smallest absolute Gasteiger partial charge is 0.342 e. The molecule has 0 unspecified atom stereocenters. The first kappa shape index (κ1) is 20.8. The van der Waals surface area contributed by atoms with E-state index in [2.05, 4.69) is 15.8 Å². The van der Waals surface area contributed by atoms with Crippen molar-refractivity contribution in [2.45, 2.75) is 13.3 Å². The predicted molar refractivity (Wildman–Crippen MR) is 96.8 cm³/mol. The average Bonchev–Trinajstić information content (AvgIpc) is 3.08. The molecule has 11 nitrogen and oxygen atoms in total. The number of nitrogens with zero attached hydrogens (tertiary/aromatic N) is 2. The summed E-state index contributed by atoms with van der Waals surface area (Å²) in [7, 11) is 1.28. The number of carbonyl (C=O) groups excluding carboxylic acids is 3. The summed E-state index contributed by atoms with van der Waals surface area (Å²) in [6.07, 6.45) is -0.0105. The van der Waals surface area contributed by atoms with Crippen LogP contribution in [0.4, 0.5) is 5.69 Å². The maximum Gasteiger partial charge on any atom is 0.342 e. The quantitative estimate of drug-likeness (QED) is 0.390. The lowest BCUT2D eigenvalue weighted by Gasteiger charge is -2.09. The SMILES string of the molecule is COc1ccc([N+](=O)[O-])cc1C(=O)OCC(=O)NNC(=O)Cc1nc(C)cs1. The number of hydrogen-bond acceptors (Lipinski definition) is 9. The van der Waals surface area contributed by atoms with E-state index < -0.39 is 29.3 Å². The first-order valence-electron chi connectivity index (χ1n) is 7.78. The third-order valence-electron chi connectivity index (χ3n) is 3.27. The Morgan fingerprint density at radius 1 is 1.25 bits per heavy atom. The number of aromatic nitrogens is 1. The number of nitro groups is 1. The first-order valence-corrected chi connectivity index (χ1v) is 8.66.